The first-order valence-corrected chi connectivity index (χ1v) is 9.66. The highest BCUT2D eigenvalue weighted by atomic mass is 16.6. The summed E-state index contributed by atoms with van der Waals surface area (Å²) in [5.74, 6) is 0. The summed E-state index contributed by atoms with van der Waals surface area (Å²) in [5.41, 5.74) is 3.24. The van der Waals surface area contributed by atoms with Gasteiger partial charge < -0.3 is 0 Å². The van der Waals surface area contributed by atoms with Gasteiger partial charge in [-0.15, -0.1) is 0 Å². The Morgan fingerprint density at radius 2 is 1.03 bits per heavy atom. The molecule has 0 radical (unpaired) electrons. The van der Waals surface area contributed by atoms with Crippen LogP contribution in [0.25, 0.3) is 0 Å². The second kappa shape index (κ2) is 8.53. The topological polar surface area (TPSA) is 55.5 Å². The van der Waals surface area contributed by atoms with E-state index in [1.807, 2.05) is 54.6 Å². The molecule has 0 aliphatic heterocycles. The number of hydrogen-bond acceptors (Lipinski definition) is 3. The molecule has 0 saturated carbocycles. The van der Waals surface area contributed by atoms with Crippen molar-refractivity contribution in [2.45, 2.75) is 5.54 Å². The highest BCUT2D eigenvalue weighted by molar-refractivity contribution is 5.81. The van der Waals surface area contributed by atoms with Crippen LogP contribution < -0.4 is 0 Å². The fourth-order valence-corrected chi connectivity index (χ4v) is 3.62. The molecule has 0 aliphatic rings. The summed E-state index contributed by atoms with van der Waals surface area (Å²) in [6, 6.07) is 36.9. The lowest BCUT2D eigenvalue weighted by Crippen LogP contribution is -2.27. The summed E-state index contributed by atoms with van der Waals surface area (Å²) in [5, 5.41) is 11.0. The maximum absolute atomic E-state index is 11.0. The molecule has 0 spiro atoms. The second-order valence-corrected chi connectivity index (χ2v) is 6.92. The van der Waals surface area contributed by atoms with Crippen molar-refractivity contribution < 1.29 is 4.92 Å². The minimum absolute atomic E-state index is 0.0626. The third-order valence-corrected chi connectivity index (χ3v) is 5.09. The van der Waals surface area contributed by atoms with Crippen LogP contribution in [0.1, 0.15) is 22.3 Å². The molecule has 0 atom stereocenters. The van der Waals surface area contributed by atoms with Gasteiger partial charge in [-0.25, -0.2) is 0 Å². The van der Waals surface area contributed by atoms with E-state index in [9.17, 15) is 10.1 Å². The number of nitrogens with zero attached hydrogens (tertiary/aromatic N) is 2. The summed E-state index contributed by atoms with van der Waals surface area (Å²) >= 11 is 0. The molecule has 0 bridgehead atoms. The molecule has 0 amide bonds. The van der Waals surface area contributed by atoms with Gasteiger partial charge >= 0.3 is 0 Å². The van der Waals surface area contributed by atoms with E-state index in [-0.39, 0.29) is 5.69 Å². The molecule has 0 aliphatic carbocycles. The van der Waals surface area contributed by atoms with E-state index in [1.165, 1.54) is 12.1 Å². The average Bonchev–Trinajstić information content (AvgIpc) is 2.82. The zero-order valence-electron chi connectivity index (χ0n) is 16.3. The van der Waals surface area contributed by atoms with E-state index < -0.39 is 10.5 Å². The monoisotopic (exact) mass is 392 g/mol. The van der Waals surface area contributed by atoms with E-state index in [4.69, 9.17) is 4.99 Å². The van der Waals surface area contributed by atoms with Gasteiger partial charge in [0.05, 0.1) is 4.92 Å². The van der Waals surface area contributed by atoms with E-state index in [0.717, 1.165) is 22.3 Å². The number of aliphatic imine (C=N–C) groups is 1. The van der Waals surface area contributed by atoms with Gasteiger partial charge in [0.25, 0.3) is 5.69 Å². The normalized spacial score (nSPS) is 11.5. The van der Waals surface area contributed by atoms with Gasteiger partial charge in [0.2, 0.25) is 0 Å². The Bertz CT molecular complexity index is 1040. The van der Waals surface area contributed by atoms with Crippen molar-refractivity contribution in [3.8, 4) is 0 Å². The molecule has 4 aromatic rings. The predicted octanol–water partition coefficient (Wildman–Crippen LogP) is 6.01. The molecule has 0 saturated heterocycles. The van der Waals surface area contributed by atoms with Gasteiger partial charge in [-0.05, 0) is 34.4 Å². The summed E-state index contributed by atoms with van der Waals surface area (Å²) in [6.45, 7) is 0. The lowest BCUT2D eigenvalue weighted by molar-refractivity contribution is -0.384. The average molecular weight is 392 g/mol. The third-order valence-electron chi connectivity index (χ3n) is 5.09. The fourth-order valence-electron chi connectivity index (χ4n) is 3.62. The lowest BCUT2D eigenvalue weighted by atomic mass is 9.77. The number of benzene rings is 4. The lowest BCUT2D eigenvalue weighted by Gasteiger charge is -2.32. The smallest absolute Gasteiger partial charge is 0.269 e. The minimum atomic E-state index is -0.744. The fraction of sp³-hybridized carbons (Fsp3) is 0.0385. The van der Waals surface area contributed by atoms with Crippen LogP contribution in [0.4, 0.5) is 5.69 Å². The largest absolute Gasteiger partial charge is 0.271 e. The van der Waals surface area contributed by atoms with Crippen LogP contribution in [0.15, 0.2) is 120 Å². The highest BCUT2D eigenvalue weighted by Crippen LogP contribution is 2.40. The minimum Gasteiger partial charge on any atom is -0.271 e. The Morgan fingerprint density at radius 1 is 0.633 bits per heavy atom. The van der Waals surface area contributed by atoms with Crippen LogP contribution in [-0.4, -0.2) is 11.1 Å². The Balaban J connectivity index is 1.92. The van der Waals surface area contributed by atoms with Crippen LogP contribution in [0.2, 0.25) is 0 Å². The number of nitro benzene ring substituents is 1. The van der Waals surface area contributed by atoms with Gasteiger partial charge in [0.1, 0.15) is 5.54 Å². The maximum Gasteiger partial charge on any atom is 0.269 e. The highest BCUT2D eigenvalue weighted by Gasteiger charge is 2.35. The van der Waals surface area contributed by atoms with E-state index in [1.54, 1.807) is 18.3 Å². The van der Waals surface area contributed by atoms with Gasteiger partial charge in [-0.3, -0.25) is 15.1 Å². The van der Waals surface area contributed by atoms with Crippen LogP contribution in [0.3, 0.4) is 0 Å². The number of non-ortho nitro benzene ring substituents is 1. The Kier molecular flexibility index (Phi) is 5.48. The molecule has 0 unspecified atom stereocenters. The van der Waals surface area contributed by atoms with E-state index in [0.29, 0.717) is 0 Å². The maximum atomic E-state index is 11.0. The zero-order valence-corrected chi connectivity index (χ0v) is 16.3. The van der Waals surface area contributed by atoms with E-state index >= 15 is 0 Å². The molecule has 146 valence electrons. The summed E-state index contributed by atoms with van der Waals surface area (Å²) < 4.78 is 0. The molecular weight excluding hydrogens is 372 g/mol. The van der Waals surface area contributed by atoms with Crippen molar-refractivity contribution in [3.05, 3.63) is 148 Å². The predicted molar refractivity (Wildman–Crippen MR) is 120 cm³/mol. The van der Waals surface area contributed by atoms with Gasteiger partial charge in [-0.2, -0.15) is 0 Å². The third kappa shape index (κ3) is 3.76. The van der Waals surface area contributed by atoms with E-state index in [2.05, 4.69) is 36.4 Å². The van der Waals surface area contributed by atoms with Gasteiger partial charge in [0, 0.05) is 18.3 Å². The molecule has 4 aromatic carbocycles. The Hall–Kier alpha value is -4.05. The first kappa shape index (κ1) is 19.3. The standard InChI is InChI=1S/C26H20N2O2/c29-28(30)25-18-16-21(17-19-25)20-27-26(22-10-4-1-5-11-22,23-12-6-2-7-13-23)24-14-8-3-9-15-24/h1-20H. The van der Waals surface area contributed by atoms with Crippen LogP contribution in [-0.2, 0) is 5.54 Å². The molecule has 4 nitrogen and oxygen atoms in total. The van der Waals surface area contributed by atoms with Crippen molar-refractivity contribution in [2.24, 2.45) is 4.99 Å². The molecule has 0 aromatic heterocycles. The van der Waals surface area contributed by atoms with Gasteiger partial charge in [-0.1, -0.05) is 91.0 Å². The molecule has 4 heteroatoms. The van der Waals surface area contributed by atoms with Crippen molar-refractivity contribution in [1.29, 1.82) is 0 Å². The Morgan fingerprint density at radius 3 is 1.40 bits per heavy atom. The SMILES string of the molecule is O=[N+]([O-])c1ccc(C=NC(c2ccccc2)(c2ccccc2)c2ccccc2)cc1. The van der Waals surface area contributed by atoms with Crippen molar-refractivity contribution in [2.75, 3.05) is 0 Å². The first-order chi connectivity index (χ1) is 14.7. The molecule has 4 rings (SSSR count). The van der Waals surface area contributed by atoms with Crippen molar-refractivity contribution >= 4 is 11.9 Å². The summed E-state index contributed by atoms with van der Waals surface area (Å²) in [6.07, 6.45) is 1.79. The number of hydrogen-bond donors (Lipinski definition) is 0. The van der Waals surface area contributed by atoms with Crippen LogP contribution >= 0.6 is 0 Å². The van der Waals surface area contributed by atoms with Gasteiger partial charge in [0.15, 0.2) is 0 Å². The molecular formula is C26H20N2O2. The summed E-state index contributed by atoms with van der Waals surface area (Å²) in [7, 11) is 0. The van der Waals surface area contributed by atoms with Crippen LogP contribution in [0, 0.1) is 10.1 Å². The van der Waals surface area contributed by atoms with Crippen molar-refractivity contribution in [1.82, 2.24) is 0 Å². The first-order valence-electron chi connectivity index (χ1n) is 9.66. The van der Waals surface area contributed by atoms with Crippen molar-refractivity contribution in [3.63, 3.8) is 0 Å². The molecule has 0 heterocycles. The summed E-state index contributed by atoms with van der Waals surface area (Å²) in [4.78, 5) is 15.7. The molecule has 30 heavy (non-hydrogen) atoms. The number of rotatable bonds is 6. The molecule has 0 fully saturated rings. The quantitative estimate of drug-likeness (QED) is 0.175. The molecule has 0 N–H and O–H groups in total. The second-order valence-electron chi connectivity index (χ2n) is 6.92. The Labute approximate surface area is 175 Å². The van der Waals surface area contributed by atoms with Crippen LogP contribution in [0.5, 0.6) is 0 Å². The zero-order chi connectivity index (χ0) is 20.8. The number of nitro groups is 1.